The van der Waals surface area contributed by atoms with E-state index in [0.717, 1.165) is 21.3 Å². The van der Waals surface area contributed by atoms with Gasteiger partial charge in [-0.3, -0.25) is 4.79 Å². The Bertz CT molecular complexity index is 1060. The Labute approximate surface area is 169 Å². The molecule has 0 radical (unpaired) electrons. The third-order valence-corrected chi connectivity index (χ3v) is 5.70. The molecule has 7 nitrogen and oxygen atoms in total. The van der Waals surface area contributed by atoms with Crippen LogP contribution in [0, 0.1) is 6.92 Å². The number of benzene rings is 1. The fraction of sp³-hybridized carbons (Fsp3) is 0.105. The van der Waals surface area contributed by atoms with Crippen molar-refractivity contribution in [1.82, 2.24) is 24.7 Å². The molecule has 3 aromatic heterocycles. The Hall–Kier alpha value is -3.04. The molecule has 28 heavy (non-hydrogen) atoms. The number of hydrogen-bond donors (Lipinski definition) is 1. The minimum atomic E-state index is -0.179. The Kier molecular flexibility index (Phi) is 5.45. The first-order chi connectivity index (χ1) is 13.7. The molecular weight excluding hydrogens is 392 g/mol. The van der Waals surface area contributed by atoms with Gasteiger partial charge in [0.25, 0.3) is 5.91 Å². The van der Waals surface area contributed by atoms with Crippen LogP contribution < -0.4 is 5.32 Å². The van der Waals surface area contributed by atoms with Crippen LogP contribution in [0.5, 0.6) is 0 Å². The van der Waals surface area contributed by atoms with Gasteiger partial charge in [-0.25, -0.2) is 19.6 Å². The smallest absolute Gasteiger partial charge is 0.255 e. The van der Waals surface area contributed by atoms with E-state index in [1.165, 1.54) is 6.33 Å². The van der Waals surface area contributed by atoms with Crippen LogP contribution in [-0.2, 0) is 5.75 Å². The first kappa shape index (κ1) is 18.3. The molecular formula is C19H16N6OS2. The van der Waals surface area contributed by atoms with Crippen molar-refractivity contribution in [3.63, 3.8) is 0 Å². The highest BCUT2D eigenvalue weighted by atomic mass is 32.2. The first-order valence-corrected chi connectivity index (χ1v) is 10.3. The summed E-state index contributed by atoms with van der Waals surface area (Å²) in [7, 11) is 0. The largest absolute Gasteiger partial charge is 0.321 e. The maximum atomic E-state index is 12.4. The SMILES string of the molecule is Cc1nc(CSc2ccc(C(=O)Nc3ccc(-n4cncn4)nc3)cc2)cs1. The van der Waals surface area contributed by atoms with Gasteiger partial charge in [0, 0.05) is 21.6 Å². The van der Waals surface area contributed by atoms with Crippen LogP contribution in [0.4, 0.5) is 5.69 Å². The standard InChI is InChI=1S/C19H16N6OS2/c1-13-23-16(9-27-13)10-28-17-5-2-14(3-6-17)19(26)24-15-4-7-18(21-8-15)25-12-20-11-22-25/h2-9,11-12H,10H2,1H3,(H,24,26). The molecule has 1 aromatic carbocycles. The van der Waals surface area contributed by atoms with Gasteiger partial charge in [-0.1, -0.05) is 0 Å². The lowest BCUT2D eigenvalue weighted by Crippen LogP contribution is -2.12. The average molecular weight is 409 g/mol. The number of aromatic nitrogens is 5. The predicted octanol–water partition coefficient (Wildman–Crippen LogP) is 3.97. The summed E-state index contributed by atoms with van der Waals surface area (Å²) >= 11 is 3.36. The molecule has 0 unspecified atom stereocenters. The quantitative estimate of drug-likeness (QED) is 0.486. The zero-order chi connectivity index (χ0) is 19.3. The summed E-state index contributed by atoms with van der Waals surface area (Å²) in [4.78, 5) is 26.2. The maximum Gasteiger partial charge on any atom is 0.255 e. The summed E-state index contributed by atoms with van der Waals surface area (Å²) in [6.07, 6.45) is 4.60. The topological polar surface area (TPSA) is 85.6 Å². The lowest BCUT2D eigenvalue weighted by molar-refractivity contribution is 0.102. The Balaban J connectivity index is 1.35. The maximum absolute atomic E-state index is 12.4. The van der Waals surface area contributed by atoms with Crippen molar-refractivity contribution in [3.8, 4) is 5.82 Å². The van der Waals surface area contributed by atoms with Crippen LogP contribution in [0.25, 0.3) is 5.82 Å². The number of hydrogen-bond acceptors (Lipinski definition) is 7. The van der Waals surface area contributed by atoms with Crippen molar-refractivity contribution in [2.24, 2.45) is 0 Å². The van der Waals surface area contributed by atoms with Crippen LogP contribution >= 0.6 is 23.1 Å². The molecule has 0 fully saturated rings. The number of rotatable bonds is 6. The highest BCUT2D eigenvalue weighted by Gasteiger charge is 2.08. The summed E-state index contributed by atoms with van der Waals surface area (Å²) in [5.74, 6) is 1.27. The summed E-state index contributed by atoms with van der Waals surface area (Å²) in [6.45, 7) is 2.00. The Morgan fingerprint density at radius 2 is 2.07 bits per heavy atom. The van der Waals surface area contributed by atoms with E-state index >= 15 is 0 Å². The second kappa shape index (κ2) is 8.32. The normalized spacial score (nSPS) is 10.8. The molecule has 0 bridgehead atoms. The van der Waals surface area contributed by atoms with E-state index in [1.807, 2.05) is 31.2 Å². The molecule has 0 saturated carbocycles. The van der Waals surface area contributed by atoms with Gasteiger partial charge in [-0.2, -0.15) is 5.10 Å². The van der Waals surface area contributed by atoms with Crippen LogP contribution in [-0.4, -0.2) is 30.6 Å². The van der Waals surface area contributed by atoms with E-state index in [9.17, 15) is 4.79 Å². The molecule has 0 aliphatic rings. The monoisotopic (exact) mass is 408 g/mol. The minimum Gasteiger partial charge on any atom is -0.321 e. The zero-order valence-electron chi connectivity index (χ0n) is 14.9. The zero-order valence-corrected chi connectivity index (χ0v) is 16.6. The van der Waals surface area contributed by atoms with E-state index in [2.05, 4.69) is 30.7 Å². The van der Waals surface area contributed by atoms with E-state index in [1.54, 1.807) is 52.4 Å². The van der Waals surface area contributed by atoms with Crippen molar-refractivity contribution < 1.29 is 4.79 Å². The molecule has 3 heterocycles. The molecule has 0 saturated heterocycles. The van der Waals surface area contributed by atoms with Crippen molar-refractivity contribution >= 4 is 34.7 Å². The van der Waals surface area contributed by atoms with Gasteiger partial charge >= 0.3 is 0 Å². The van der Waals surface area contributed by atoms with Gasteiger partial charge in [0.1, 0.15) is 12.7 Å². The lowest BCUT2D eigenvalue weighted by atomic mass is 10.2. The fourth-order valence-corrected chi connectivity index (χ4v) is 3.97. The summed E-state index contributed by atoms with van der Waals surface area (Å²) in [5, 5.41) is 10.0. The van der Waals surface area contributed by atoms with E-state index in [-0.39, 0.29) is 5.91 Å². The highest BCUT2D eigenvalue weighted by Crippen LogP contribution is 2.24. The minimum absolute atomic E-state index is 0.179. The lowest BCUT2D eigenvalue weighted by Gasteiger charge is -2.07. The number of carbonyl (C=O) groups is 1. The van der Waals surface area contributed by atoms with Crippen LogP contribution in [0.1, 0.15) is 21.1 Å². The number of pyridine rings is 1. The number of carbonyl (C=O) groups excluding carboxylic acids is 1. The number of thiazole rings is 1. The molecule has 9 heteroatoms. The average Bonchev–Trinajstić information content (AvgIpc) is 3.39. The third-order valence-electron chi connectivity index (χ3n) is 3.83. The number of aryl methyl sites for hydroxylation is 1. The van der Waals surface area contributed by atoms with E-state index < -0.39 is 0 Å². The fourth-order valence-electron chi connectivity index (χ4n) is 2.46. The summed E-state index contributed by atoms with van der Waals surface area (Å²) in [6, 6.07) is 11.1. The van der Waals surface area contributed by atoms with Crippen LogP contribution in [0.3, 0.4) is 0 Å². The molecule has 4 rings (SSSR count). The van der Waals surface area contributed by atoms with E-state index in [4.69, 9.17) is 0 Å². The summed E-state index contributed by atoms with van der Waals surface area (Å²) in [5.41, 5.74) is 2.29. The molecule has 1 N–H and O–H groups in total. The number of anilines is 1. The van der Waals surface area contributed by atoms with Crippen LogP contribution in [0.15, 0.2) is 65.5 Å². The van der Waals surface area contributed by atoms with Crippen molar-refractivity contribution in [2.45, 2.75) is 17.6 Å². The predicted molar refractivity (Wildman–Crippen MR) is 110 cm³/mol. The van der Waals surface area contributed by atoms with Gasteiger partial charge in [-0.05, 0) is 43.3 Å². The van der Waals surface area contributed by atoms with Gasteiger partial charge in [0.15, 0.2) is 5.82 Å². The third kappa shape index (κ3) is 4.44. The van der Waals surface area contributed by atoms with Crippen molar-refractivity contribution in [2.75, 3.05) is 5.32 Å². The van der Waals surface area contributed by atoms with Gasteiger partial charge in [0.05, 0.1) is 22.6 Å². The van der Waals surface area contributed by atoms with E-state index in [0.29, 0.717) is 17.1 Å². The first-order valence-electron chi connectivity index (χ1n) is 8.44. The number of amides is 1. The second-order valence-electron chi connectivity index (χ2n) is 5.87. The van der Waals surface area contributed by atoms with Gasteiger partial charge in [-0.15, -0.1) is 23.1 Å². The Morgan fingerprint density at radius 1 is 1.21 bits per heavy atom. The molecule has 140 valence electrons. The van der Waals surface area contributed by atoms with Crippen molar-refractivity contribution in [3.05, 3.63) is 76.9 Å². The number of nitrogens with one attached hydrogen (secondary N) is 1. The number of thioether (sulfide) groups is 1. The molecule has 1 amide bonds. The van der Waals surface area contributed by atoms with Gasteiger partial charge in [0.2, 0.25) is 0 Å². The highest BCUT2D eigenvalue weighted by molar-refractivity contribution is 7.98. The Morgan fingerprint density at radius 3 is 2.71 bits per heavy atom. The second-order valence-corrected chi connectivity index (χ2v) is 7.98. The van der Waals surface area contributed by atoms with Crippen LogP contribution in [0.2, 0.25) is 0 Å². The molecule has 0 spiro atoms. The summed E-state index contributed by atoms with van der Waals surface area (Å²) < 4.78 is 1.55. The molecule has 0 aliphatic carbocycles. The van der Waals surface area contributed by atoms with Crippen molar-refractivity contribution in [1.29, 1.82) is 0 Å². The molecule has 0 aliphatic heterocycles. The number of nitrogens with zero attached hydrogens (tertiary/aromatic N) is 5. The van der Waals surface area contributed by atoms with Gasteiger partial charge < -0.3 is 5.32 Å². The molecule has 4 aromatic rings. The molecule has 0 atom stereocenters.